The minimum Gasteiger partial charge on any atom is -0.488 e. The van der Waals surface area contributed by atoms with E-state index in [9.17, 15) is 4.79 Å². The van der Waals surface area contributed by atoms with E-state index < -0.39 is 11.9 Å². The summed E-state index contributed by atoms with van der Waals surface area (Å²) < 4.78 is 12.2. The van der Waals surface area contributed by atoms with Crippen LogP contribution < -0.4 is 9.47 Å². The minimum atomic E-state index is -0.769. The van der Waals surface area contributed by atoms with Crippen molar-refractivity contribution >= 4 is 5.97 Å². The van der Waals surface area contributed by atoms with Crippen molar-refractivity contribution in [2.45, 2.75) is 59.2 Å². The molecule has 144 valence electrons. The van der Waals surface area contributed by atoms with Gasteiger partial charge in [-0.25, -0.2) is 0 Å². The maximum Gasteiger partial charge on any atom is 0.306 e. The smallest absolute Gasteiger partial charge is 0.306 e. The molecule has 1 aliphatic rings. The molecule has 0 amide bonds. The maximum absolute atomic E-state index is 11.1. The lowest BCUT2D eigenvalue weighted by Crippen LogP contribution is -2.25. The molecule has 2 aromatic rings. The van der Waals surface area contributed by atoms with Crippen molar-refractivity contribution < 1.29 is 19.4 Å². The van der Waals surface area contributed by atoms with Crippen LogP contribution in [0.3, 0.4) is 0 Å². The Bertz CT molecular complexity index is 838. The van der Waals surface area contributed by atoms with Gasteiger partial charge in [-0.3, -0.25) is 4.79 Å². The maximum atomic E-state index is 11.1. The number of ether oxygens (including phenoxy) is 2. The van der Waals surface area contributed by atoms with E-state index in [1.54, 1.807) is 6.92 Å². The highest BCUT2D eigenvalue weighted by Gasteiger charge is 2.31. The Labute approximate surface area is 161 Å². The number of carboxylic acid groups (broad SMARTS) is 1. The number of fused-ring (bicyclic) bond motifs is 1. The van der Waals surface area contributed by atoms with Crippen LogP contribution in [0.5, 0.6) is 11.5 Å². The molecule has 1 atom stereocenters. The summed E-state index contributed by atoms with van der Waals surface area (Å²) in [6.45, 7) is 8.47. The highest BCUT2D eigenvalue weighted by atomic mass is 16.5. The average Bonchev–Trinajstić information content (AvgIpc) is 2.94. The van der Waals surface area contributed by atoms with Gasteiger partial charge in [0.2, 0.25) is 0 Å². The Morgan fingerprint density at radius 2 is 2.04 bits per heavy atom. The summed E-state index contributed by atoms with van der Waals surface area (Å²) in [5, 5.41) is 9.11. The van der Waals surface area contributed by atoms with Gasteiger partial charge in [0, 0.05) is 12.0 Å². The second-order valence-corrected chi connectivity index (χ2v) is 7.97. The first-order chi connectivity index (χ1) is 12.8. The molecule has 0 fully saturated rings. The number of para-hydroxylation sites is 1. The Kier molecular flexibility index (Phi) is 5.45. The molecule has 0 saturated carbocycles. The molecular weight excluding hydrogens is 340 g/mol. The molecule has 0 radical (unpaired) electrons. The predicted octanol–water partition coefficient (Wildman–Crippen LogP) is 4.80. The van der Waals surface area contributed by atoms with Crippen molar-refractivity contribution in [3.05, 3.63) is 58.7 Å². The van der Waals surface area contributed by atoms with Crippen LogP contribution in [0.15, 0.2) is 36.4 Å². The number of rotatable bonds is 7. The number of hydrogen-bond donors (Lipinski definition) is 1. The van der Waals surface area contributed by atoms with Gasteiger partial charge in [0.25, 0.3) is 0 Å². The molecule has 1 aliphatic heterocycles. The van der Waals surface area contributed by atoms with Gasteiger partial charge in [-0.1, -0.05) is 44.2 Å². The standard InChI is InChI=1S/C23H28O4/c1-5-17-12-16(11-15(2)22(24)25)9-10-20(17)26-14-19-8-6-7-18-13-23(3,4)27-21(18)19/h6-10,12,15H,5,11,13-14H2,1-4H3,(H,24,25). The molecule has 4 heteroatoms. The highest BCUT2D eigenvalue weighted by molar-refractivity contribution is 5.69. The van der Waals surface area contributed by atoms with Crippen molar-refractivity contribution in [2.24, 2.45) is 5.92 Å². The lowest BCUT2D eigenvalue weighted by Gasteiger charge is -2.19. The number of aryl methyl sites for hydroxylation is 1. The van der Waals surface area contributed by atoms with Gasteiger partial charge in [-0.15, -0.1) is 0 Å². The second-order valence-electron chi connectivity index (χ2n) is 7.97. The Balaban J connectivity index is 1.74. The van der Waals surface area contributed by atoms with E-state index in [4.69, 9.17) is 14.6 Å². The van der Waals surface area contributed by atoms with E-state index >= 15 is 0 Å². The molecule has 1 heterocycles. The fourth-order valence-electron chi connectivity index (χ4n) is 3.57. The molecule has 0 aromatic heterocycles. The first-order valence-electron chi connectivity index (χ1n) is 9.56. The van der Waals surface area contributed by atoms with Gasteiger partial charge in [0.05, 0.1) is 5.92 Å². The summed E-state index contributed by atoms with van der Waals surface area (Å²) in [7, 11) is 0. The summed E-state index contributed by atoms with van der Waals surface area (Å²) in [6, 6.07) is 12.2. The van der Waals surface area contributed by atoms with Crippen LogP contribution in [-0.4, -0.2) is 16.7 Å². The van der Waals surface area contributed by atoms with Crippen molar-refractivity contribution in [2.75, 3.05) is 0 Å². The molecule has 4 nitrogen and oxygen atoms in total. The van der Waals surface area contributed by atoms with E-state index in [0.29, 0.717) is 13.0 Å². The second kappa shape index (κ2) is 7.63. The third-order valence-electron chi connectivity index (χ3n) is 5.03. The summed E-state index contributed by atoms with van der Waals surface area (Å²) in [5.74, 6) is 0.634. The fraction of sp³-hybridized carbons (Fsp3) is 0.435. The first kappa shape index (κ1) is 19.3. The Hall–Kier alpha value is -2.49. The number of hydrogen-bond acceptors (Lipinski definition) is 3. The van der Waals surface area contributed by atoms with Crippen LogP contribution in [0, 0.1) is 5.92 Å². The molecule has 27 heavy (non-hydrogen) atoms. The lowest BCUT2D eigenvalue weighted by atomic mass is 9.98. The Morgan fingerprint density at radius 1 is 1.26 bits per heavy atom. The molecule has 1 unspecified atom stereocenters. The highest BCUT2D eigenvalue weighted by Crippen LogP contribution is 2.38. The molecule has 0 saturated heterocycles. The van der Waals surface area contributed by atoms with Crippen molar-refractivity contribution in [1.82, 2.24) is 0 Å². The summed E-state index contributed by atoms with van der Waals surface area (Å²) in [6.07, 6.45) is 2.27. The molecule has 1 N–H and O–H groups in total. The molecule has 2 aromatic carbocycles. The largest absolute Gasteiger partial charge is 0.488 e. The predicted molar refractivity (Wildman–Crippen MR) is 106 cm³/mol. The van der Waals surface area contributed by atoms with E-state index in [-0.39, 0.29) is 5.60 Å². The zero-order valence-corrected chi connectivity index (χ0v) is 16.5. The monoisotopic (exact) mass is 368 g/mol. The fourth-order valence-corrected chi connectivity index (χ4v) is 3.57. The number of benzene rings is 2. The number of aliphatic carboxylic acids is 1. The van der Waals surface area contributed by atoms with Crippen LogP contribution in [0.4, 0.5) is 0 Å². The van der Waals surface area contributed by atoms with Gasteiger partial charge in [0.15, 0.2) is 0 Å². The van der Waals surface area contributed by atoms with Crippen LogP contribution in [0.2, 0.25) is 0 Å². The number of carbonyl (C=O) groups is 1. The van der Waals surface area contributed by atoms with Gasteiger partial charge in [-0.2, -0.15) is 0 Å². The van der Waals surface area contributed by atoms with E-state index in [2.05, 4.69) is 45.0 Å². The van der Waals surface area contributed by atoms with Crippen LogP contribution in [0.25, 0.3) is 0 Å². The molecule has 0 aliphatic carbocycles. The molecular formula is C23H28O4. The van der Waals surface area contributed by atoms with Gasteiger partial charge in [0.1, 0.15) is 23.7 Å². The van der Waals surface area contributed by atoms with Crippen LogP contribution in [-0.2, 0) is 30.7 Å². The SMILES string of the molecule is CCc1cc(CC(C)C(=O)O)ccc1OCc1cccc2c1OC(C)(C)C2. The van der Waals surface area contributed by atoms with E-state index in [1.165, 1.54) is 5.56 Å². The zero-order valence-electron chi connectivity index (χ0n) is 16.5. The van der Waals surface area contributed by atoms with E-state index in [1.807, 2.05) is 12.1 Å². The third-order valence-corrected chi connectivity index (χ3v) is 5.03. The summed E-state index contributed by atoms with van der Waals surface area (Å²) >= 11 is 0. The molecule has 0 spiro atoms. The number of carboxylic acids is 1. The van der Waals surface area contributed by atoms with Crippen LogP contribution >= 0.6 is 0 Å². The topological polar surface area (TPSA) is 55.8 Å². The quantitative estimate of drug-likeness (QED) is 0.762. The Morgan fingerprint density at radius 3 is 2.74 bits per heavy atom. The molecule has 0 bridgehead atoms. The normalized spacial score (nSPS) is 15.7. The third kappa shape index (κ3) is 4.44. The van der Waals surface area contributed by atoms with Crippen LogP contribution in [0.1, 0.15) is 49.9 Å². The summed E-state index contributed by atoms with van der Waals surface area (Å²) in [5.41, 5.74) is 4.24. The summed E-state index contributed by atoms with van der Waals surface area (Å²) in [4.78, 5) is 11.1. The zero-order chi connectivity index (χ0) is 19.6. The van der Waals surface area contributed by atoms with E-state index in [0.717, 1.165) is 41.0 Å². The van der Waals surface area contributed by atoms with Gasteiger partial charge < -0.3 is 14.6 Å². The first-order valence-corrected chi connectivity index (χ1v) is 9.56. The van der Waals surface area contributed by atoms with Gasteiger partial charge >= 0.3 is 5.97 Å². The van der Waals surface area contributed by atoms with Crippen molar-refractivity contribution in [3.63, 3.8) is 0 Å². The minimum absolute atomic E-state index is 0.171. The average molecular weight is 368 g/mol. The van der Waals surface area contributed by atoms with Crippen molar-refractivity contribution in [3.8, 4) is 11.5 Å². The molecule has 3 rings (SSSR count). The van der Waals surface area contributed by atoms with Gasteiger partial charge in [-0.05, 0) is 49.4 Å². The van der Waals surface area contributed by atoms with Crippen molar-refractivity contribution in [1.29, 1.82) is 0 Å². The lowest BCUT2D eigenvalue weighted by molar-refractivity contribution is -0.141.